The molecule has 0 aliphatic carbocycles. The summed E-state index contributed by atoms with van der Waals surface area (Å²) in [5.74, 6) is -0.0639. The van der Waals surface area contributed by atoms with Crippen molar-refractivity contribution in [3.05, 3.63) is 18.2 Å². The fraction of sp³-hybridized carbons (Fsp3) is 0.643. The summed E-state index contributed by atoms with van der Waals surface area (Å²) in [6.07, 6.45) is 2.86. The maximum atomic E-state index is 12.9. The number of fused-ring (bicyclic) bond motifs is 2. The second-order valence-corrected chi connectivity index (χ2v) is 5.91. The second kappa shape index (κ2) is 5.55. The van der Waals surface area contributed by atoms with Gasteiger partial charge in [0.25, 0.3) is 0 Å². The van der Waals surface area contributed by atoms with Gasteiger partial charge in [0.2, 0.25) is 11.9 Å². The van der Waals surface area contributed by atoms with Crippen molar-refractivity contribution in [2.45, 2.75) is 38.5 Å². The summed E-state index contributed by atoms with van der Waals surface area (Å²) in [4.78, 5) is 22.2. The van der Waals surface area contributed by atoms with Gasteiger partial charge in [0.05, 0.1) is 30.5 Å². The van der Waals surface area contributed by atoms with Gasteiger partial charge < -0.3 is 15.0 Å². The molecule has 1 amide bonds. The number of morpholine rings is 1. The van der Waals surface area contributed by atoms with E-state index in [0.29, 0.717) is 25.5 Å². The predicted molar refractivity (Wildman–Crippen MR) is 74.2 cm³/mol. The standard InChI is InChI=1S/C14H19FN4O2/c1-8(2)18-13(20)11-3-10-6-19(7-12(11)21-10)14-16-4-9(15)5-17-14/h4-5,8,10-12H,3,6-7H2,1-2H3,(H,18,20). The number of nitrogens with zero attached hydrogens (tertiary/aromatic N) is 3. The maximum absolute atomic E-state index is 12.9. The number of carbonyl (C=O) groups excluding carboxylic acids is 1. The van der Waals surface area contributed by atoms with Crippen molar-refractivity contribution < 1.29 is 13.9 Å². The van der Waals surface area contributed by atoms with Gasteiger partial charge >= 0.3 is 0 Å². The van der Waals surface area contributed by atoms with Crippen molar-refractivity contribution in [1.29, 1.82) is 0 Å². The first-order valence-corrected chi connectivity index (χ1v) is 7.21. The Labute approximate surface area is 122 Å². The molecule has 6 nitrogen and oxygen atoms in total. The molecule has 114 valence electrons. The quantitative estimate of drug-likeness (QED) is 0.890. The van der Waals surface area contributed by atoms with Crippen molar-refractivity contribution in [2.24, 2.45) is 5.92 Å². The van der Waals surface area contributed by atoms with Crippen molar-refractivity contribution in [2.75, 3.05) is 18.0 Å². The van der Waals surface area contributed by atoms with Crippen LogP contribution < -0.4 is 10.2 Å². The number of carbonyl (C=O) groups is 1. The molecule has 21 heavy (non-hydrogen) atoms. The monoisotopic (exact) mass is 294 g/mol. The van der Waals surface area contributed by atoms with E-state index in [2.05, 4.69) is 15.3 Å². The predicted octanol–water partition coefficient (Wildman–Crippen LogP) is 0.734. The van der Waals surface area contributed by atoms with E-state index < -0.39 is 5.82 Å². The summed E-state index contributed by atoms with van der Waals surface area (Å²) in [6.45, 7) is 5.07. The molecule has 2 aliphatic rings. The van der Waals surface area contributed by atoms with Crippen LogP contribution in [0, 0.1) is 11.7 Å². The number of hydrogen-bond donors (Lipinski definition) is 1. The van der Waals surface area contributed by atoms with E-state index in [9.17, 15) is 9.18 Å². The Bertz CT molecular complexity index is 522. The third-order valence-corrected chi connectivity index (χ3v) is 3.81. The van der Waals surface area contributed by atoms with Crippen LogP contribution in [0.3, 0.4) is 0 Å². The van der Waals surface area contributed by atoms with Gasteiger partial charge in [-0.15, -0.1) is 0 Å². The molecule has 0 aromatic carbocycles. The highest BCUT2D eigenvalue weighted by Gasteiger charge is 2.45. The number of anilines is 1. The fourth-order valence-corrected chi connectivity index (χ4v) is 2.96. The molecule has 0 spiro atoms. The molecule has 3 rings (SSSR count). The van der Waals surface area contributed by atoms with Crippen molar-refractivity contribution in [1.82, 2.24) is 15.3 Å². The highest BCUT2D eigenvalue weighted by Crippen LogP contribution is 2.33. The van der Waals surface area contributed by atoms with E-state index in [4.69, 9.17) is 4.74 Å². The summed E-state index contributed by atoms with van der Waals surface area (Å²) < 4.78 is 18.7. The van der Waals surface area contributed by atoms with E-state index in [1.54, 1.807) is 0 Å². The van der Waals surface area contributed by atoms with Crippen LogP contribution >= 0.6 is 0 Å². The van der Waals surface area contributed by atoms with Gasteiger partial charge in [0.1, 0.15) is 0 Å². The minimum absolute atomic E-state index is 0.000292. The third-order valence-electron chi connectivity index (χ3n) is 3.81. The molecule has 0 radical (unpaired) electrons. The average Bonchev–Trinajstić information content (AvgIpc) is 2.73. The van der Waals surface area contributed by atoms with Gasteiger partial charge in [-0.05, 0) is 20.3 Å². The van der Waals surface area contributed by atoms with Crippen LogP contribution in [0.1, 0.15) is 20.3 Å². The molecule has 3 heterocycles. The van der Waals surface area contributed by atoms with Crippen LogP contribution in [-0.4, -0.2) is 47.2 Å². The lowest BCUT2D eigenvalue weighted by Crippen LogP contribution is -2.46. The molecule has 7 heteroatoms. The van der Waals surface area contributed by atoms with Gasteiger partial charge in [-0.3, -0.25) is 4.79 Å². The minimum atomic E-state index is -0.454. The van der Waals surface area contributed by atoms with Crippen LogP contribution in [0.4, 0.5) is 10.3 Å². The number of amides is 1. The van der Waals surface area contributed by atoms with Crippen molar-refractivity contribution in [3.63, 3.8) is 0 Å². The lowest BCUT2D eigenvalue weighted by atomic mass is 9.99. The summed E-state index contributed by atoms with van der Waals surface area (Å²) in [5.41, 5.74) is 0. The van der Waals surface area contributed by atoms with Gasteiger partial charge in [-0.1, -0.05) is 0 Å². The number of rotatable bonds is 3. The van der Waals surface area contributed by atoms with E-state index in [1.807, 2.05) is 18.7 Å². The number of nitrogens with one attached hydrogen (secondary N) is 1. The smallest absolute Gasteiger partial charge is 0.226 e. The molecule has 3 unspecified atom stereocenters. The SMILES string of the molecule is CC(C)NC(=O)C1CC2CN(c3ncc(F)cn3)CC1O2. The Morgan fingerprint density at radius 1 is 1.43 bits per heavy atom. The molecule has 2 fully saturated rings. The first kappa shape index (κ1) is 14.2. The lowest BCUT2D eigenvalue weighted by Gasteiger charge is -2.32. The largest absolute Gasteiger partial charge is 0.370 e. The highest BCUT2D eigenvalue weighted by atomic mass is 19.1. The first-order valence-electron chi connectivity index (χ1n) is 7.21. The number of hydrogen-bond acceptors (Lipinski definition) is 5. The molecule has 3 atom stereocenters. The van der Waals surface area contributed by atoms with E-state index >= 15 is 0 Å². The summed E-state index contributed by atoms with van der Waals surface area (Å²) >= 11 is 0. The Kier molecular flexibility index (Phi) is 3.75. The molecule has 2 saturated heterocycles. The highest BCUT2D eigenvalue weighted by molar-refractivity contribution is 5.80. The number of aromatic nitrogens is 2. The van der Waals surface area contributed by atoms with Crippen molar-refractivity contribution in [3.8, 4) is 0 Å². The fourth-order valence-electron chi connectivity index (χ4n) is 2.96. The summed E-state index contributed by atoms with van der Waals surface area (Å²) in [6, 6.07) is 0.120. The normalized spacial score (nSPS) is 28.0. The van der Waals surface area contributed by atoms with Crippen LogP contribution in [-0.2, 0) is 9.53 Å². The summed E-state index contributed by atoms with van der Waals surface area (Å²) in [5, 5.41) is 2.94. The van der Waals surface area contributed by atoms with E-state index in [1.165, 1.54) is 0 Å². The van der Waals surface area contributed by atoms with Crippen LogP contribution in [0.5, 0.6) is 0 Å². The van der Waals surface area contributed by atoms with Gasteiger partial charge in [0.15, 0.2) is 5.82 Å². The Morgan fingerprint density at radius 3 is 2.81 bits per heavy atom. The topological polar surface area (TPSA) is 67.4 Å². The summed E-state index contributed by atoms with van der Waals surface area (Å²) in [7, 11) is 0. The van der Waals surface area contributed by atoms with E-state index in [0.717, 1.165) is 12.4 Å². The first-order chi connectivity index (χ1) is 10.0. The van der Waals surface area contributed by atoms with Crippen LogP contribution in [0.2, 0.25) is 0 Å². The van der Waals surface area contributed by atoms with Gasteiger partial charge in [-0.25, -0.2) is 14.4 Å². The van der Waals surface area contributed by atoms with E-state index in [-0.39, 0.29) is 30.1 Å². The average molecular weight is 294 g/mol. The zero-order valence-corrected chi connectivity index (χ0v) is 12.1. The van der Waals surface area contributed by atoms with Crippen LogP contribution in [0.25, 0.3) is 0 Å². The molecule has 0 saturated carbocycles. The van der Waals surface area contributed by atoms with Crippen LogP contribution in [0.15, 0.2) is 12.4 Å². The molecule has 1 N–H and O–H groups in total. The van der Waals surface area contributed by atoms with Crippen molar-refractivity contribution >= 4 is 11.9 Å². The molecular weight excluding hydrogens is 275 g/mol. The third kappa shape index (κ3) is 2.97. The number of ether oxygens (including phenoxy) is 1. The van der Waals surface area contributed by atoms with Gasteiger partial charge in [0, 0.05) is 19.1 Å². The Hall–Kier alpha value is -1.76. The second-order valence-electron chi connectivity index (χ2n) is 5.91. The zero-order valence-electron chi connectivity index (χ0n) is 12.1. The molecule has 1 aromatic heterocycles. The molecule has 2 bridgehead atoms. The number of halogens is 1. The Balaban J connectivity index is 1.69. The van der Waals surface area contributed by atoms with Gasteiger partial charge in [-0.2, -0.15) is 0 Å². The minimum Gasteiger partial charge on any atom is -0.370 e. The maximum Gasteiger partial charge on any atom is 0.226 e. The molecule has 2 aliphatic heterocycles. The lowest BCUT2D eigenvalue weighted by molar-refractivity contribution is -0.127. The molecule has 1 aromatic rings. The zero-order chi connectivity index (χ0) is 15.0. The Morgan fingerprint density at radius 2 is 2.14 bits per heavy atom. The molecular formula is C14H19FN4O2.